The number of hydrogen-bond donors (Lipinski definition) is 4. The highest BCUT2D eigenvalue weighted by molar-refractivity contribution is 5.96. The zero-order chi connectivity index (χ0) is 26.4. The second-order valence-electron chi connectivity index (χ2n) is 10.2. The molecule has 2 fully saturated rings. The van der Waals surface area contributed by atoms with Crippen LogP contribution in [0.4, 0.5) is 22.0 Å². The van der Waals surface area contributed by atoms with Gasteiger partial charge in [-0.1, -0.05) is 6.92 Å². The van der Waals surface area contributed by atoms with Gasteiger partial charge in [-0.15, -0.1) is 0 Å². The van der Waals surface area contributed by atoms with Crippen LogP contribution < -0.4 is 16.0 Å². The molecular formula is C22H26F5N5O3. The second kappa shape index (κ2) is 8.80. The van der Waals surface area contributed by atoms with E-state index in [4.69, 9.17) is 0 Å². The number of rotatable bonds is 8. The monoisotopic (exact) mass is 503 g/mol. The van der Waals surface area contributed by atoms with Gasteiger partial charge in [0, 0.05) is 23.3 Å². The number of carbonyl (C=O) groups is 3. The molecule has 1 saturated heterocycles. The number of hydrogen-bond acceptors (Lipinski definition) is 4. The Labute approximate surface area is 198 Å². The maximum absolute atomic E-state index is 13.8. The van der Waals surface area contributed by atoms with E-state index in [1.807, 2.05) is 11.1 Å². The number of halogens is 5. The standard InChI is InChI=1S/C22H26F5N5O3/c1-19(2)7-11(16(33)32-19)6-12(9-28)29-18(35)14(8-20(3)10-21(20,23)24)31-17(34)13-4-5-15(30-13)22(25,26)27/h4-5,11-12,14,30H,6-8,10H2,1-3H3,(H,29,35)(H,31,34)(H,32,33)/t11-,12+,14?,20?/m1/s1. The first kappa shape index (κ1) is 26.4. The van der Waals surface area contributed by atoms with Crippen LogP contribution in [0.15, 0.2) is 12.1 Å². The first-order chi connectivity index (χ1) is 16.0. The molecule has 3 amide bonds. The first-order valence-corrected chi connectivity index (χ1v) is 10.9. The van der Waals surface area contributed by atoms with E-state index in [9.17, 15) is 41.6 Å². The summed E-state index contributed by atoms with van der Waals surface area (Å²) in [5.41, 5.74) is -3.79. The predicted molar refractivity (Wildman–Crippen MR) is 112 cm³/mol. The van der Waals surface area contributed by atoms with Crippen LogP contribution in [0.25, 0.3) is 0 Å². The van der Waals surface area contributed by atoms with Gasteiger partial charge in [-0.25, -0.2) is 8.78 Å². The highest BCUT2D eigenvalue weighted by Crippen LogP contribution is 2.62. The Hall–Kier alpha value is -3.17. The smallest absolute Gasteiger partial charge is 0.351 e. The predicted octanol–water partition coefficient (Wildman–Crippen LogP) is 2.88. The van der Waals surface area contributed by atoms with Gasteiger partial charge in [0.1, 0.15) is 23.5 Å². The van der Waals surface area contributed by atoms with Crippen molar-refractivity contribution in [3.05, 3.63) is 23.5 Å². The molecule has 3 rings (SSSR count). The van der Waals surface area contributed by atoms with Gasteiger partial charge in [0.25, 0.3) is 11.8 Å². The van der Waals surface area contributed by atoms with Crippen LogP contribution in [0.2, 0.25) is 0 Å². The Morgan fingerprint density at radius 2 is 1.86 bits per heavy atom. The van der Waals surface area contributed by atoms with E-state index in [1.165, 1.54) is 6.92 Å². The normalized spacial score (nSPS) is 26.3. The quantitative estimate of drug-likeness (QED) is 0.407. The van der Waals surface area contributed by atoms with Gasteiger partial charge < -0.3 is 20.9 Å². The second-order valence-corrected chi connectivity index (χ2v) is 10.2. The lowest BCUT2D eigenvalue weighted by Crippen LogP contribution is -2.51. The maximum Gasteiger partial charge on any atom is 0.431 e. The number of carbonyl (C=O) groups excluding carboxylic acids is 3. The fourth-order valence-electron chi connectivity index (χ4n) is 4.34. The molecule has 1 aliphatic heterocycles. The fourth-order valence-corrected chi connectivity index (χ4v) is 4.34. The Bertz CT molecular complexity index is 1060. The maximum atomic E-state index is 13.8. The zero-order valence-electron chi connectivity index (χ0n) is 19.3. The lowest BCUT2D eigenvalue weighted by molar-refractivity contribution is -0.140. The summed E-state index contributed by atoms with van der Waals surface area (Å²) in [5, 5.41) is 16.8. The van der Waals surface area contributed by atoms with Crippen LogP contribution in [-0.2, 0) is 15.8 Å². The number of H-pyrrole nitrogens is 1. The Morgan fingerprint density at radius 3 is 2.31 bits per heavy atom. The number of nitrogens with one attached hydrogen (secondary N) is 4. The largest absolute Gasteiger partial charge is 0.431 e. The van der Waals surface area contributed by atoms with Crippen LogP contribution >= 0.6 is 0 Å². The first-order valence-electron chi connectivity index (χ1n) is 10.9. The number of nitrogens with zero attached hydrogens (tertiary/aromatic N) is 1. The Balaban J connectivity index is 1.73. The van der Waals surface area contributed by atoms with Crippen LogP contribution in [0, 0.1) is 22.7 Å². The molecule has 2 heterocycles. The molecule has 2 unspecified atom stereocenters. The molecule has 8 nitrogen and oxygen atoms in total. The van der Waals surface area contributed by atoms with Crippen molar-refractivity contribution >= 4 is 17.7 Å². The van der Waals surface area contributed by atoms with E-state index < -0.39 is 77.1 Å². The average molecular weight is 503 g/mol. The lowest BCUT2D eigenvalue weighted by atomic mass is 9.91. The number of nitriles is 1. The van der Waals surface area contributed by atoms with E-state index >= 15 is 0 Å². The number of aromatic nitrogens is 1. The molecule has 4 N–H and O–H groups in total. The summed E-state index contributed by atoms with van der Waals surface area (Å²) in [7, 11) is 0. The summed E-state index contributed by atoms with van der Waals surface area (Å²) >= 11 is 0. The molecule has 0 aromatic carbocycles. The summed E-state index contributed by atoms with van der Waals surface area (Å²) in [6, 6.07) is 0.654. The van der Waals surface area contributed by atoms with Crippen molar-refractivity contribution in [2.24, 2.45) is 11.3 Å². The van der Waals surface area contributed by atoms with E-state index in [0.717, 1.165) is 6.07 Å². The molecule has 0 spiro atoms. The van der Waals surface area contributed by atoms with Gasteiger partial charge in [0.2, 0.25) is 11.8 Å². The minimum absolute atomic E-state index is 0.0306. The third-order valence-corrected chi connectivity index (χ3v) is 6.46. The van der Waals surface area contributed by atoms with Gasteiger partial charge in [-0.2, -0.15) is 18.4 Å². The lowest BCUT2D eigenvalue weighted by Gasteiger charge is -2.24. The molecule has 0 radical (unpaired) electrons. The molecule has 1 aromatic rings. The summed E-state index contributed by atoms with van der Waals surface area (Å²) in [6.45, 7) is 4.83. The number of amides is 3. The SMILES string of the molecule is CC1(C)C[C@@H](C[C@@H](C#N)NC(=O)C(CC2(C)CC2(F)F)NC(=O)c2ccc(C(F)(F)F)[nH]2)C(=O)N1. The van der Waals surface area contributed by atoms with Crippen molar-refractivity contribution in [2.45, 2.75) is 76.2 Å². The summed E-state index contributed by atoms with van der Waals surface area (Å²) in [5.74, 6) is -5.97. The van der Waals surface area contributed by atoms with Crippen molar-refractivity contribution in [1.29, 1.82) is 5.26 Å². The van der Waals surface area contributed by atoms with Gasteiger partial charge in [0.05, 0.1) is 6.07 Å². The molecule has 1 saturated carbocycles. The van der Waals surface area contributed by atoms with Crippen molar-refractivity contribution in [2.75, 3.05) is 0 Å². The summed E-state index contributed by atoms with van der Waals surface area (Å²) in [4.78, 5) is 39.5. The zero-order valence-corrected chi connectivity index (χ0v) is 19.3. The fraction of sp³-hybridized carbons (Fsp3) is 0.636. The molecular weight excluding hydrogens is 477 g/mol. The Morgan fingerprint density at radius 1 is 1.23 bits per heavy atom. The topological polar surface area (TPSA) is 127 Å². The minimum Gasteiger partial charge on any atom is -0.351 e. The average Bonchev–Trinajstić information content (AvgIpc) is 3.08. The third kappa shape index (κ3) is 5.91. The van der Waals surface area contributed by atoms with E-state index in [2.05, 4.69) is 16.0 Å². The molecule has 1 aromatic heterocycles. The van der Waals surface area contributed by atoms with Crippen LogP contribution in [0.5, 0.6) is 0 Å². The summed E-state index contributed by atoms with van der Waals surface area (Å²) < 4.78 is 66.2. The van der Waals surface area contributed by atoms with Crippen LogP contribution in [0.1, 0.15) is 62.6 Å². The van der Waals surface area contributed by atoms with Crippen molar-refractivity contribution < 1.29 is 36.3 Å². The molecule has 1 aliphatic carbocycles. The van der Waals surface area contributed by atoms with E-state index in [-0.39, 0.29) is 12.3 Å². The van der Waals surface area contributed by atoms with Gasteiger partial charge in [-0.05, 0) is 45.2 Å². The number of alkyl halides is 5. The molecule has 2 aliphatic rings. The minimum atomic E-state index is -4.74. The van der Waals surface area contributed by atoms with Gasteiger partial charge in [-0.3, -0.25) is 14.4 Å². The third-order valence-electron chi connectivity index (χ3n) is 6.46. The molecule has 35 heavy (non-hydrogen) atoms. The molecule has 4 atom stereocenters. The van der Waals surface area contributed by atoms with Gasteiger partial charge in [0.15, 0.2) is 0 Å². The molecule has 13 heteroatoms. The van der Waals surface area contributed by atoms with Gasteiger partial charge >= 0.3 is 6.18 Å². The Kier molecular flexibility index (Phi) is 6.65. The molecule has 0 bridgehead atoms. The van der Waals surface area contributed by atoms with Crippen molar-refractivity contribution in [3.63, 3.8) is 0 Å². The highest BCUT2D eigenvalue weighted by atomic mass is 19.4. The highest BCUT2D eigenvalue weighted by Gasteiger charge is 2.68. The van der Waals surface area contributed by atoms with E-state index in [1.54, 1.807) is 13.8 Å². The van der Waals surface area contributed by atoms with Crippen molar-refractivity contribution in [1.82, 2.24) is 20.9 Å². The van der Waals surface area contributed by atoms with Crippen LogP contribution in [-0.4, -0.2) is 46.3 Å². The van der Waals surface area contributed by atoms with Crippen molar-refractivity contribution in [3.8, 4) is 6.07 Å². The summed E-state index contributed by atoms with van der Waals surface area (Å²) in [6.07, 6.45) is -5.38. The van der Waals surface area contributed by atoms with E-state index in [0.29, 0.717) is 12.5 Å². The number of aromatic amines is 1. The molecule has 192 valence electrons. The van der Waals surface area contributed by atoms with Crippen LogP contribution in [0.3, 0.4) is 0 Å².